The zero-order chi connectivity index (χ0) is 10.4. The second-order valence-corrected chi connectivity index (χ2v) is 3.87. The average molecular weight is 201 g/mol. The maximum Gasteiger partial charge on any atom is 0.305 e. The summed E-state index contributed by atoms with van der Waals surface area (Å²) >= 11 is 0. The van der Waals surface area contributed by atoms with Gasteiger partial charge < -0.3 is 14.7 Å². The number of aliphatic carboxylic acids is 1. The molecule has 14 heavy (non-hydrogen) atoms. The fraction of sp³-hybridized carbons (Fsp3) is 0.900. The van der Waals surface area contributed by atoms with Gasteiger partial charge in [-0.05, 0) is 32.9 Å². The Bertz CT molecular complexity index is 184. The Labute approximate surface area is 84.8 Å². The molecule has 1 N–H and O–H groups in total. The third-order valence-electron chi connectivity index (χ3n) is 2.57. The van der Waals surface area contributed by atoms with Crippen molar-refractivity contribution in [2.75, 3.05) is 26.7 Å². The quantitative estimate of drug-likeness (QED) is 0.736. The van der Waals surface area contributed by atoms with E-state index in [1.807, 2.05) is 0 Å². The molecule has 0 spiro atoms. The van der Waals surface area contributed by atoms with Crippen molar-refractivity contribution in [3.05, 3.63) is 0 Å². The summed E-state index contributed by atoms with van der Waals surface area (Å²) in [6.45, 7) is 2.53. The molecular formula is C10H19NO3. The van der Waals surface area contributed by atoms with Gasteiger partial charge in [0.05, 0.1) is 19.1 Å². The van der Waals surface area contributed by atoms with Crippen molar-refractivity contribution < 1.29 is 14.6 Å². The highest BCUT2D eigenvalue weighted by atomic mass is 16.5. The van der Waals surface area contributed by atoms with Crippen molar-refractivity contribution >= 4 is 5.97 Å². The third kappa shape index (κ3) is 4.58. The van der Waals surface area contributed by atoms with Gasteiger partial charge >= 0.3 is 5.97 Å². The number of carboxylic acids is 1. The predicted molar refractivity (Wildman–Crippen MR) is 53.3 cm³/mol. The molecule has 4 nitrogen and oxygen atoms in total. The summed E-state index contributed by atoms with van der Waals surface area (Å²) in [6.07, 6.45) is 3.61. The number of hydrogen-bond donors (Lipinski definition) is 1. The Morgan fingerprint density at radius 2 is 2.29 bits per heavy atom. The highest BCUT2D eigenvalue weighted by Gasteiger charge is 2.15. The van der Waals surface area contributed by atoms with E-state index in [1.165, 1.54) is 0 Å². The van der Waals surface area contributed by atoms with E-state index < -0.39 is 5.97 Å². The molecule has 0 amide bonds. The Balaban J connectivity index is 2.14. The number of likely N-dealkylation sites (tertiary alicyclic amines) is 1. The number of rotatable bonds is 4. The molecule has 1 atom stereocenters. The van der Waals surface area contributed by atoms with E-state index in [0.29, 0.717) is 6.61 Å². The van der Waals surface area contributed by atoms with Crippen LogP contribution in [0.5, 0.6) is 0 Å². The van der Waals surface area contributed by atoms with Gasteiger partial charge in [0.15, 0.2) is 0 Å². The van der Waals surface area contributed by atoms with Crippen LogP contribution in [-0.2, 0) is 9.53 Å². The number of ether oxygens (including phenoxy) is 1. The minimum Gasteiger partial charge on any atom is -0.481 e. The van der Waals surface area contributed by atoms with Crippen LogP contribution in [0, 0.1) is 0 Å². The van der Waals surface area contributed by atoms with E-state index in [1.54, 1.807) is 0 Å². The first-order valence-electron chi connectivity index (χ1n) is 5.20. The van der Waals surface area contributed by atoms with Gasteiger partial charge in [0.25, 0.3) is 0 Å². The van der Waals surface area contributed by atoms with Crippen LogP contribution in [0.25, 0.3) is 0 Å². The van der Waals surface area contributed by atoms with E-state index >= 15 is 0 Å². The van der Waals surface area contributed by atoms with Gasteiger partial charge in [0.1, 0.15) is 0 Å². The number of nitrogens with zero attached hydrogens (tertiary/aromatic N) is 1. The largest absolute Gasteiger partial charge is 0.481 e. The fourth-order valence-electron chi connectivity index (χ4n) is 1.69. The number of carbonyl (C=O) groups is 1. The summed E-state index contributed by atoms with van der Waals surface area (Å²) < 4.78 is 5.51. The predicted octanol–water partition coefficient (Wildman–Crippen LogP) is 0.962. The smallest absolute Gasteiger partial charge is 0.305 e. The van der Waals surface area contributed by atoms with Crippen LogP contribution in [-0.4, -0.2) is 48.8 Å². The molecule has 4 heteroatoms. The summed E-state index contributed by atoms with van der Waals surface area (Å²) in [5.74, 6) is -0.782. The Kier molecular flexibility index (Phi) is 4.90. The topological polar surface area (TPSA) is 49.8 Å². The second kappa shape index (κ2) is 5.98. The second-order valence-electron chi connectivity index (χ2n) is 3.87. The van der Waals surface area contributed by atoms with Crippen molar-refractivity contribution in [2.24, 2.45) is 0 Å². The van der Waals surface area contributed by atoms with Crippen molar-refractivity contribution in [1.82, 2.24) is 4.90 Å². The summed E-state index contributed by atoms with van der Waals surface area (Å²) in [5, 5.41) is 8.45. The van der Waals surface area contributed by atoms with Crippen molar-refractivity contribution in [3.8, 4) is 0 Å². The van der Waals surface area contributed by atoms with Gasteiger partial charge in [-0.1, -0.05) is 0 Å². The lowest BCUT2D eigenvalue weighted by Gasteiger charge is -2.15. The first-order valence-corrected chi connectivity index (χ1v) is 5.20. The monoisotopic (exact) mass is 201 g/mol. The average Bonchev–Trinajstić information content (AvgIpc) is 2.30. The number of hydrogen-bond acceptors (Lipinski definition) is 3. The minimum absolute atomic E-state index is 0.117. The fourth-order valence-corrected chi connectivity index (χ4v) is 1.69. The maximum absolute atomic E-state index is 10.3. The van der Waals surface area contributed by atoms with E-state index in [0.717, 1.165) is 32.4 Å². The lowest BCUT2D eigenvalue weighted by molar-refractivity contribution is -0.138. The van der Waals surface area contributed by atoms with Gasteiger partial charge in [0.2, 0.25) is 0 Å². The summed E-state index contributed by atoms with van der Waals surface area (Å²) in [4.78, 5) is 12.6. The van der Waals surface area contributed by atoms with Gasteiger partial charge in [0, 0.05) is 6.54 Å². The molecule has 0 aliphatic carbocycles. The molecule has 1 saturated heterocycles. The molecule has 1 fully saturated rings. The van der Waals surface area contributed by atoms with Crippen molar-refractivity contribution in [3.63, 3.8) is 0 Å². The van der Waals surface area contributed by atoms with Crippen molar-refractivity contribution in [2.45, 2.75) is 31.8 Å². The molecule has 1 rings (SSSR count). The Morgan fingerprint density at radius 1 is 1.50 bits per heavy atom. The van der Waals surface area contributed by atoms with Crippen LogP contribution < -0.4 is 0 Å². The summed E-state index contributed by atoms with van der Waals surface area (Å²) in [7, 11) is 2.11. The molecule has 1 unspecified atom stereocenters. The molecular weight excluding hydrogens is 182 g/mol. The zero-order valence-corrected chi connectivity index (χ0v) is 8.74. The van der Waals surface area contributed by atoms with E-state index in [-0.39, 0.29) is 12.5 Å². The van der Waals surface area contributed by atoms with Crippen LogP contribution in [0.15, 0.2) is 0 Å². The highest BCUT2D eigenvalue weighted by molar-refractivity contribution is 5.66. The Hall–Kier alpha value is -0.610. The van der Waals surface area contributed by atoms with Gasteiger partial charge in [-0.2, -0.15) is 0 Å². The normalized spacial score (nSPS) is 24.5. The highest BCUT2D eigenvalue weighted by Crippen LogP contribution is 2.13. The SMILES string of the molecule is CN1CCCC(OCCC(=O)O)CC1. The molecule has 0 aromatic rings. The summed E-state index contributed by atoms with van der Waals surface area (Å²) in [5.41, 5.74) is 0. The molecule has 1 aliphatic rings. The van der Waals surface area contributed by atoms with Crippen LogP contribution in [0.4, 0.5) is 0 Å². The van der Waals surface area contributed by atoms with Gasteiger partial charge in [-0.3, -0.25) is 4.79 Å². The Morgan fingerprint density at radius 3 is 3.00 bits per heavy atom. The molecule has 0 saturated carbocycles. The molecule has 0 radical (unpaired) electrons. The lowest BCUT2D eigenvalue weighted by atomic mass is 10.1. The molecule has 0 aromatic heterocycles. The van der Waals surface area contributed by atoms with Crippen LogP contribution in [0.1, 0.15) is 25.7 Å². The number of carboxylic acid groups (broad SMARTS) is 1. The molecule has 82 valence electrons. The van der Waals surface area contributed by atoms with Crippen molar-refractivity contribution in [1.29, 1.82) is 0 Å². The van der Waals surface area contributed by atoms with E-state index in [4.69, 9.17) is 9.84 Å². The van der Waals surface area contributed by atoms with Crippen LogP contribution in [0.2, 0.25) is 0 Å². The van der Waals surface area contributed by atoms with Gasteiger partial charge in [-0.15, -0.1) is 0 Å². The maximum atomic E-state index is 10.3. The standard InChI is InChI=1S/C10H19NO3/c1-11-6-2-3-9(4-7-11)14-8-5-10(12)13/h9H,2-8H2,1H3,(H,12,13). The van der Waals surface area contributed by atoms with Crippen LogP contribution >= 0.6 is 0 Å². The molecule has 1 heterocycles. The van der Waals surface area contributed by atoms with E-state index in [9.17, 15) is 4.79 Å². The van der Waals surface area contributed by atoms with Crippen LogP contribution in [0.3, 0.4) is 0 Å². The molecule has 0 aromatic carbocycles. The minimum atomic E-state index is -0.782. The first kappa shape index (κ1) is 11.5. The third-order valence-corrected chi connectivity index (χ3v) is 2.57. The van der Waals surface area contributed by atoms with E-state index in [2.05, 4.69) is 11.9 Å². The molecule has 0 bridgehead atoms. The molecule has 1 aliphatic heterocycles. The lowest BCUT2D eigenvalue weighted by Crippen LogP contribution is -2.20. The first-order chi connectivity index (χ1) is 6.68. The summed E-state index contributed by atoms with van der Waals surface area (Å²) in [6, 6.07) is 0. The van der Waals surface area contributed by atoms with Gasteiger partial charge in [-0.25, -0.2) is 0 Å². The zero-order valence-electron chi connectivity index (χ0n) is 8.74.